The molecule has 0 saturated heterocycles. The zero-order valence-electron chi connectivity index (χ0n) is 10.5. The van der Waals surface area contributed by atoms with E-state index in [2.05, 4.69) is 41.6 Å². The van der Waals surface area contributed by atoms with E-state index in [1.165, 1.54) is 0 Å². The molecule has 2 rings (SSSR count). The molecule has 0 aliphatic rings. The monoisotopic (exact) mass is 418 g/mol. The molecule has 1 aromatic heterocycles. The highest BCUT2D eigenvalue weighted by molar-refractivity contribution is 9.11. The van der Waals surface area contributed by atoms with Crippen molar-refractivity contribution in [2.45, 2.75) is 17.9 Å². The maximum absolute atomic E-state index is 12.4. The Hall–Kier alpha value is -0.760. The molecule has 1 heterocycles. The second-order valence-electron chi connectivity index (χ2n) is 4.20. The van der Waals surface area contributed by atoms with Crippen LogP contribution in [0.15, 0.2) is 56.6 Å². The highest BCUT2D eigenvalue weighted by Gasteiger charge is 2.21. The molecule has 0 radical (unpaired) electrons. The lowest BCUT2D eigenvalue weighted by Crippen LogP contribution is -2.27. The molecular weight excluding hydrogens is 408 g/mol. The van der Waals surface area contributed by atoms with Gasteiger partial charge in [-0.15, -0.1) is 0 Å². The fourth-order valence-corrected chi connectivity index (χ4v) is 4.67. The van der Waals surface area contributed by atoms with Gasteiger partial charge in [-0.05, 0) is 52.7 Å². The van der Waals surface area contributed by atoms with Crippen LogP contribution in [-0.4, -0.2) is 13.4 Å². The summed E-state index contributed by atoms with van der Waals surface area (Å²) in [5.41, 5.74) is 0.810. The van der Waals surface area contributed by atoms with Gasteiger partial charge >= 0.3 is 0 Å². The summed E-state index contributed by atoms with van der Waals surface area (Å²) in [6.07, 6.45) is 3.29. The highest BCUT2D eigenvalue weighted by atomic mass is 79.9. The van der Waals surface area contributed by atoms with Gasteiger partial charge in [0.15, 0.2) is 0 Å². The number of nitrogens with one attached hydrogen (secondary N) is 1. The van der Waals surface area contributed by atoms with E-state index in [4.69, 9.17) is 0 Å². The third kappa shape index (κ3) is 3.66. The molecule has 0 fully saturated rings. The molecule has 2 aromatic rings. The number of benzene rings is 1. The molecule has 0 bridgehead atoms. The van der Waals surface area contributed by atoms with Gasteiger partial charge in [0.25, 0.3) is 0 Å². The Bertz CT molecular complexity index is 706. The first-order valence-corrected chi connectivity index (χ1v) is 8.84. The van der Waals surface area contributed by atoms with Crippen molar-refractivity contribution in [3.05, 3.63) is 57.2 Å². The van der Waals surface area contributed by atoms with Crippen molar-refractivity contribution in [3.8, 4) is 0 Å². The molecule has 0 aliphatic carbocycles. The zero-order valence-corrected chi connectivity index (χ0v) is 14.5. The third-order valence-electron chi connectivity index (χ3n) is 2.70. The number of sulfonamides is 1. The molecule has 0 amide bonds. The predicted octanol–water partition coefficient (Wildman–Crippen LogP) is 3.65. The first kappa shape index (κ1) is 15.6. The summed E-state index contributed by atoms with van der Waals surface area (Å²) in [6.45, 7) is 1.78. The average Bonchev–Trinajstić information content (AvgIpc) is 2.38. The summed E-state index contributed by atoms with van der Waals surface area (Å²) in [5, 5.41) is 0. The number of nitrogens with zero attached hydrogens (tertiary/aromatic N) is 1. The number of pyridine rings is 1. The standard InChI is InChI=1S/C13H12Br2N2O2S/c1-9(10-3-2-6-16-8-10)17-20(18,19)13-5-4-11(14)7-12(13)15/h2-9,17H,1H3. The maximum atomic E-state index is 12.4. The van der Waals surface area contributed by atoms with Crippen LogP contribution in [-0.2, 0) is 10.0 Å². The van der Waals surface area contributed by atoms with Crippen molar-refractivity contribution in [3.63, 3.8) is 0 Å². The maximum Gasteiger partial charge on any atom is 0.242 e. The van der Waals surface area contributed by atoms with E-state index < -0.39 is 10.0 Å². The largest absolute Gasteiger partial charge is 0.264 e. The van der Waals surface area contributed by atoms with Gasteiger partial charge in [0.1, 0.15) is 0 Å². The number of hydrogen-bond donors (Lipinski definition) is 1. The van der Waals surface area contributed by atoms with E-state index in [9.17, 15) is 8.42 Å². The van der Waals surface area contributed by atoms with E-state index in [1.54, 1.807) is 43.6 Å². The van der Waals surface area contributed by atoms with Crippen LogP contribution in [0.5, 0.6) is 0 Å². The van der Waals surface area contributed by atoms with Gasteiger partial charge in [-0.1, -0.05) is 22.0 Å². The van der Waals surface area contributed by atoms with Crippen molar-refractivity contribution in [2.24, 2.45) is 0 Å². The van der Waals surface area contributed by atoms with Crippen molar-refractivity contribution < 1.29 is 8.42 Å². The minimum Gasteiger partial charge on any atom is -0.264 e. The molecule has 1 aromatic carbocycles. The van der Waals surface area contributed by atoms with Crippen molar-refractivity contribution in [2.75, 3.05) is 0 Å². The van der Waals surface area contributed by atoms with Gasteiger partial charge in [-0.25, -0.2) is 13.1 Å². The summed E-state index contributed by atoms with van der Waals surface area (Å²) in [7, 11) is -3.60. The van der Waals surface area contributed by atoms with Gasteiger partial charge in [-0.3, -0.25) is 4.98 Å². The summed E-state index contributed by atoms with van der Waals surface area (Å²) in [4.78, 5) is 4.19. The number of hydrogen-bond acceptors (Lipinski definition) is 3. The van der Waals surface area contributed by atoms with Crippen molar-refractivity contribution in [1.82, 2.24) is 9.71 Å². The average molecular weight is 420 g/mol. The molecule has 1 unspecified atom stereocenters. The molecule has 4 nitrogen and oxygen atoms in total. The second-order valence-corrected chi connectivity index (χ2v) is 7.66. The van der Waals surface area contributed by atoms with Crippen LogP contribution >= 0.6 is 31.9 Å². The van der Waals surface area contributed by atoms with Crippen LogP contribution in [0.25, 0.3) is 0 Å². The summed E-state index contributed by atoms with van der Waals surface area (Å²) < 4.78 is 28.7. The van der Waals surface area contributed by atoms with Gasteiger partial charge in [0.2, 0.25) is 10.0 Å². The SMILES string of the molecule is CC(NS(=O)(=O)c1ccc(Br)cc1Br)c1cccnc1. The topological polar surface area (TPSA) is 59.1 Å². The summed E-state index contributed by atoms with van der Waals surface area (Å²) >= 11 is 6.56. The Morgan fingerprint density at radius 3 is 2.60 bits per heavy atom. The lowest BCUT2D eigenvalue weighted by atomic mass is 10.2. The molecule has 7 heteroatoms. The quantitative estimate of drug-likeness (QED) is 0.822. The van der Waals surface area contributed by atoms with Crippen LogP contribution in [0.4, 0.5) is 0 Å². The number of rotatable bonds is 4. The van der Waals surface area contributed by atoms with Crippen LogP contribution in [0, 0.1) is 0 Å². The first-order valence-electron chi connectivity index (χ1n) is 5.77. The Morgan fingerprint density at radius 2 is 2.00 bits per heavy atom. The zero-order chi connectivity index (χ0) is 14.8. The van der Waals surface area contributed by atoms with Crippen LogP contribution in [0.1, 0.15) is 18.5 Å². The normalized spacial score (nSPS) is 13.2. The van der Waals surface area contributed by atoms with E-state index in [1.807, 2.05) is 6.07 Å². The minimum atomic E-state index is -3.60. The molecule has 0 spiro atoms. The Labute approximate surface area is 134 Å². The molecule has 0 saturated carbocycles. The van der Waals surface area contributed by atoms with Crippen LogP contribution < -0.4 is 4.72 Å². The Balaban J connectivity index is 2.28. The van der Waals surface area contributed by atoms with Gasteiger partial charge < -0.3 is 0 Å². The van der Waals surface area contributed by atoms with Crippen LogP contribution in [0.3, 0.4) is 0 Å². The lowest BCUT2D eigenvalue weighted by molar-refractivity contribution is 0.566. The molecule has 0 aliphatic heterocycles. The van der Waals surface area contributed by atoms with E-state index in [0.29, 0.717) is 4.47 Å². The number of aromatic nitrogens is 1. The van der Waals surface area contributed by atoms with E-state index in [0.717, 1.165) is 10.0 Å². The van der Waals surface area contributed by atoms with Gasteiger partial charge in [0.05, 0.1) is 4.90 Å². The van der Waals surface area contributed by atoms with E-state index >= 15 is 0 Å². The van der Waals surface area contributed by atoms with Gasteiger partial charge in [-0.2, -0.15) is 0 Å². The fraction of sp³-hybridized carbons (Fsp3) is 0.154. The number of halogens is 2. The molecule has 1 atom stereocenters. The van der Waals surface area contributed by atoms with E-state index in [-0.39, 0.29) is 10.9 Å². The Morgan fingerprint density at radius 1 is 1.25 bits per heavy atom. The molecule has 106 valence electrons. The lowest BCUT2D eigenvalue weighted by Gasteiger charge is -2.15. The fourth-order valence-electron chi connectivity index (χ4n) is 1.69. The smallest absolute Gasteiger partial charge is 0.242 e. The first-order chi connectivity index (χ1) is 9.40. The summed E-state index contributed by atoms with van der Waals surface area (Å²) in [6, 6.07) is 8.18. The molecule has 20 heavy (non-hydrogen) atoms. The second kappa shape index (κ2) is 6.34. The van der Waals surface area contributed by atoms with Crippen molar-refractivity contribution in [1.29, 1.82) is 0 Å². The highest BCUT2D eigenvalue weighted by Crippen LogP contribution is 2.26. The van der Waals surface area contributed by atoms with Gasteiger partial charge in [0, 0.05) is 27.4 Å². The molecule has 1 N–H and O–H groups in total. The van der Waals surface area contributed by atoms with Crippen molar-refractivity contribution >= 4 is 41.9 Å². The minimum absolute atomic E-state index is 0.205. The third-order valence-corrected chi connectivity index (χ3v) is 5.71. The Kier molecular flexibility index (Phi) is 4.95. The molecular formula is C13H12Br2N2O2S. The van der Waals surface area contributed by atoms with Crippen LogP contribution in [0.2, 0.25) is 0 Å². The summed E-state index contributed by atoms with van der Waals surface area (Å²) in [5.74, 6) is 0. The predicted molar refractivity (Wildman–Crippen MR) is 84.8 cm³/mol.